The average molecular weight is 556 g/mol. The molecular weight excluding hydrogens is 514 g/mol. The molecule has 0 spiro atoms. The highest BCUT2D eigenvalue weighted by molar-refractivity contribution is 7.80. The van der Waals surface area contributed by atoms with E-state index in [0.717, 1.165) is 11.1 Å². The maximum atomic E-state index is 6.36. The topological polar surface area (TPSA) is 108 Å². The molecule has 38 heavy (non-hydrogen) atoms. The van der Waals surface area contributed by atoms with E-state index in [-0.39, 0.29) is 11.0 Å². The Morgan fingerprint density at radius 1 is 0.789 bits per heavy atom. The first kappa shape index (κ1) is 31.3. The lowest BCUT2D eigenvalue weighted by Gasteiger charge is -2.39. The van der Waals surface area contributed by atoms with Gasteiger partial charge in [-0.25, -0.2) is 0 Å². The molecule has 8 nitrogen and oxygen atoms in total. The fraction of sp³-hybridized carbons (Fsp3) is 0.429. The lowest BCUT2D eigenvalue weighted by Crippen LogP contribution is -2.52. The summed E-state index contributed by atoms with van der Waals surface area (Å²) in [7, 11) is 1.73. The number of rotatable bonds is 10. The summed E-state index contributed by atoms with van der Waals surface area (Å²) in [6.07, 6.45) is 0.690. The van der Waals surface area contributed by atoms with Crippen molar-refractivity contribution in [2.45, 2.75) is 59.2 Å². The highest BCUT2D eigenvalue weighted by atomic mass is 32.1. The van der Waals surface area contributed by atoms with Gasteiger partial charge in [-0.05, 0) is 51.6 Å². The van der Waals surface area contributed by atoms with Crippen molar-refractivity contribution in [1.82, 2.24) is 21.5 Å². The Labute approximate surface area is 237 Å². The number of nitrogens with zero attached hydrogens (tertiary/aromatic N) is 2. The van der Waals surface area contributed by atoms with Crippen LogP contribution in [-0.2, 0) is 4.74 Å². The molecule has 0 heterocycles. The Morgan fingerprint density at radius 2 is 1.24 bits per heavy atom. The molecule has 0 aliphatic rings. The Kier molecular flexibility index (Phi) is 11.3. The van der Waals surface area contributed by atoms with Crippen molar-refractivity contribution in [3.63, 3.8) is 0 Å². The van der Waals surface area contributed by atoms with E-state index in [0.29, 0.717) is 34.7 Å². The number of thiocarbonyl (C=S) groups is 2. The van der Waals surface area contributed by atoms with E-state index in [9.17, 15) is 0 Å². The maximum Gasteiger partial charge on any atom is 0.187 e. The molecule has 0 saturated heterocycles. The molecule has 0 fully saturated rings. The number of hydrazone groups is 2. The summed E-state index contributed by atoms with van der Waals surface area (Å²) >= 11 is 10.8. The lowest BCUT2D eigenvalue weighted by molar-refractivity contribution is -0.103. The molecular formula is C28H41N7OS2. The first-order chi connectivity index (χ1) is 17.8. The summed E-state index contributed by atoms with van der Waals surface area (Å²) in [4.78, 5) is 0. The Morgan fingerprint density at radius 3 is 1.66 bits per heavy atom. The third kappa shape index (κ3) is 9.75. The van der Waals surface area contributed by atoms with Crippen molar-refractivity contribution in [2.75, 3.05) is 13.7 Å². The van der Waals surface area contributed by atoms with Crippen LogP contribution < -0.4 is 27.2 Å². The molecule has 0 aliphatic heterocycles. The van der Waals surface area contributed by atoms with Crippen molar-refractivity contribution < 1.29 is 4.74 Å². The predicted molar refractivity (Wildman–Crippen MR) is 166 cm³/mol. The zero-order chi connectivity index (χ0) is 28.4. The standard InChI is InChI=1S/C28H41N7OS2/c1-26(2,3)28(6,29)36-19-18-27(4,5)31-25(38)35-33-23(21-16-12-9-13-17-21)22(32-34-24(37)30-7)20-14-10-8-11-15-20/h8-17H,18-19,29H2,1-7H3,(H2,30,34,37)(H2,31,35,38)/b32-22+,33-23+. The number of ether oxygens (including phenoxy) is 1. The summed E-state index contributed by atoms with van der Waals surface area (Å²) in [5.41, 5.74) is 13.9. The summed E-state index contributed by atoms with van der Waals surface area (Å²) in [5.74, 6) is 0. The van der Waals surface area contributed by atoms with Crippen LogP contribution in [0.2, 0.25) is 0 Å². The van der Waals surface area contributed by atoms with Gasteiger partial charge in [-0.2, -0.15) is 10.2 Å². The van der Waals surface area contributed by atoms with Crippen molar-refractivity contribution >= 4 is 46.1 Å². The van der Waals surface area contributed by atoms with E-state index < -0.39 is 5.72 Å². The van der Waals surface area contributed by atoms with Gasteiger partial charge >= 0.3 is 0 Å². The van der Waals surface area contributed by atoms with Gasteiger partial charge in [-0.3, -0.25) is 10.9 Å². The number of hydrogen-bond donors (Lipinski definition) is 5. The predicted octanol–water partition coefficient (Wildman–Crippen LogP) is 4.26. The molecule has 0 bridgehead atoms. The van der Waals surface area contributed by atoms with Crippen molar-refractivity contribution in [3.8, 4) is 0 Å². The molecule has 2 aromatic carbocycles. The fourth-order valence-corrected chi connectivity index (χ4v) is 3.47. The quantitative estimate of drug-likeness (QED) is 0.128. The summed E-state index contributed by atoms with van der Waals surface area (Å²) in [5, 5.41) is 16.2. The number of nitrogens with two attached hydrogens (primary N) is 1. The van der Waals surface area contributed by atoms with Gasteiger partial charge in [-0.15, -0.1) is 0 Å². The third-order valence-corrected chi connectivity index (χ3v) is 6.64. The van der Waals surface area contributed by atoms with E-state index in [1.807, 2.05) is 67.6 Å². The van der Waals surface area contributed by atoms with Crippen molar-refractivity contribution in [2.24, 2.45) is 21.4 Å². The first-order valence-electron chi connectivity index (χ1n) is 12.5. The summed E-state index contributed by atoms with van der Waals surface area (Å²) in [6.45, 7) is 12.7. The summed E-state index contributed by atoms with van der Waals surface area (Å²) in [6, 6.07) is 19.5. The van der Waals surface area contributed by atoms with E-state index >= 15 is 0 Å². The van der Waals surface area contributed by atoms with Crippen LogP contribution in [-0.4, -0.2) is 46.6 Å². The lowest BCUT2D eigenvalue weighted by atomic mass is 9.85. The molecule has 6 N–H and O–H groups in total. The van der Waals surface area contributed by atoms with Crippen LogP contribution in [0.1, 0.15) is 59.1 Å². The maximum absolute atomic E-state index is 6.36. The van der Waals surface area contributed by atoms with Gasteiger partial charge in [-0.1, -0.05) is 81.4 Å². The molecule has 206 valence electrons. The van der Waals surface area contributed by atoms with Gasteiger partial charge in [0.05, 0.1) is 6.61 Å². The molecule has 0 saturated carbocycles. The first-order valence-corrected chi connectivity index (χ1v) is 13.3. The summed E-state index contributed by atoms with van der Waals surface area (Å²) < 4.78 is 6.01. The second kappa shape index (κ2) is 13.7. The molecule has 0 aliphatic carbocycles. The highest BCUT2D eigenvalue weighted by Crippen LogP contribution is 2.29. The van der Waals surface area contributed by atoms with E-state index in [2.05, 4.69) is 66.3 Å². The van der Waals surface area contributed by atoms with E-state index in [1.165, 1.54) is 0 Å². The Balaban J connectivity index is 2.25. The van der Waals surface area contributed by atoms with Gasteiger partial charge in [0.2, 0.25) is 0 Å². The van der Waals surface area contributed by atoms with Crippen LogP contribution >= 0.6 is 24.4 Å². The van der Waals surface area contributed by atoms with Gasteiger partial charge in [0, 0.05) is 29.1 Å². The van der Waals surface area contributed by atoms with Crippen molar-refractivity contribution in [1.29, 1.82) is 0 Å². The minimum absolute atomic E-state index is 0.187. The van der Waals surface area contributed by atoms with Crippen LogP contribution in [0.15, 0.2) is 70.9 Å². The largest absolute Gasteiger partial charge is 0.364 e. The second-order valence-corrected chi connectivity index (χ2v) is 11.6. The molecule has 0 radical (unpaired) electrons. The molecule has 0 aromatic heterocycles. The fourth-order valence-electron chi connectivity index (χ4n) is 3.10. The molecule has 2 rings (SSSR count). The van der Waals surface area contributed by atoms with Gasteiger partial charge < -0.3 is 21.1 Å². The van der Waals surface area contributed by atoms with E-state index in [4.69, 9.17) is 34.9 Å². The average Bonchev–Trinajstić information content (AvgIpc) is 2.85. The molecule has 1 unspecified atom stereocenters. The monoisotopic (exact) mass is 555 g/mol. The molecule has 1 atom stereocenters. The van der Waals surface area contributed by atoms with E-state index in [1.54, 1.807) is 7.05 Å². The number of hydrogen-bond acceptors (Lipinski definition) is 6. The molecule has 0 amide bonds. The zero-order valence-electron chi connectivity index (χ0n) is 23.4. The van der Waals surface area contributed by atoms with Crippen LogP contribution in [0.4, 0.5) is 0 Å². The van der Waals surface area contributed by atoms with Crippen LogP contribution in [0.5, 0.6) is 0 Å². The normalized spacial score (nSPS) is 14.3. The van der Waals surface area contributed by atoms with Crippen molar-refractivity contribution in [3.05, 3.63) is 71.8 Å². The Hall–Kier alpha value is -2.92. The van der Waals surface area contributed by atoms with Gasteiger partial charge in [0.1, 0.15) is 17.1 Å². The van der Waals surface area contributed by atoms with Gasteiger partial charge in [0.25, 0.3) is 0 Å². The zero-order valence-corrected chi connectivity index (χ0v) is 25.0. The molecule has 10 heteroatoms. The minimum atomic E-state index is -0.743. The van der Waals surface area contributed by atoms with Crippen LogP contribution in [0, 0.1) is 5.41 Å². The number of nitrogens with one attached hydrogen (secondary N) is 4. The highest BCUT2D eigenvalue weighted by Gasteiger charge is 2.35. The minimum Gasteiger partial charge on any atom is -0.364 e. The molecule has 2 aromatic rings. The third-order valence-electron chi connectivity index (χ3n) is 6.15. The van der Waals surface area contributed by atoms with Crippen LogP contribution in [0.25, 0.3) is 0 Å². The Bertz CT molecular complexity index is 1120. The number of benzene rings is 2. The van der Waals surface area contributed by atoms with Crippen LogP contribution in [0.3, 0.4) is 0 Å². The SMILES string of the molecule is CNC(=S)N/N=C(/C(=N/NC(=S)NC(C)(C)CCOC(C)(N)C(C)(C)C)c1ccccc1)c1ccccc1. The van der Waals surface area contributed by atoms with Gasteiger partial charge in [0.15, 0.2) is 10.2 Å². The second-order valence-electron chi connectivity index (χ2n) is 10.7. The smallest absolute Gasteiger partial charge is 0.187 e.